The van der Waals surface area contributed by atoms with E-state index in [1.807, 2.05) is 0 Å². The highest BCUT2D eigenvalue weighted by Crippen LogP contribution is 2.54. The maximum atomic E-state index is 12.0. The molecule has 0 heterocycles. The highest BCUT2D eigenvalue weighted by molar-refractivity contribution is 7.92. The Morgan fingerprint density at radius 3 is 2.39 bits per heavy atom. The number of aliphatic hydroxyl groups is 1. The van der Waals surface area contributed by atoms with Crippen molar-refractivity contribution in [3.63, 3.8) is 0 Å². The summed E-state index contributed by atoms with van der Waals surface area (Å²) in [5, 5.41) is 9.24. The Morgan fingerprint density at radius 1 is 1.39 bits per heavy atom. The summed E-state index contributed by atoms with van der Waals surface area (Å²) in [5.74, 6) is -0.328. The Hall–Kier alpha value is -0.620. The molecule has 0 radical (unpaired) electrons. The molecular weight excluding hydrogens is 274 g/mol. The molecule has 0 amide bonds. The van der Waals surface area contributed by atoms with E-state index in [0.717, 1.165) is 5.56 Å². The molecule has 1 aromatic rings. The van der Waals surface area contributed by atoms with Gasteiger partial charge in [-0.05, 0) is 17.7 Å². The third-order valence-corrected chi connectivity index (χ3v) is 6.14. The van der Waals surface area contributed by atoms with E-state index in [1.54, 1.807) is 31.2 Å². The highest BCUT2D eigenvalue weighted by atomic mass is 35.5. The van der Waals surface area contributed by atoms with Crippen LogP contribution in [0.25, 0.3) is 0 Å². The molecule has 1 aromatic carbocycles. The molecular formula is C12H16ClNO3S. The van der Waals surface area contributed by atoms with E-state index in [0.29, 0.717) is 5.02 Å². The minimum atomic E-state index is -3.27. The highest BCUT2D eigenvalue weighted by Gasteiger charge is 2.68. The van der Waals surface area contributed by atoms with Crippen LogP contribution in [0.2, 0.25) is 5.02 Å². The number of halogens is 1. The number of hydrogen-bond donors (Lipinski definition) is 2. The smallest absolute Gasteiger partial charge is 0.155 e. The average Bonchev–Trinajstić information content (AvgIpc) is 2.98. The van der Waals surface area contributed by atoms with Crippen LogP contribution in [-0.2, 0) is 9.84 Å². The van der Waals surface area contributed by atoms with Crippen LogP contribution in [0.3, 0.4) is 0 Å². The fraction of sp³-hybridized carbons (Fsp3) is 0.500. The maximum absolute atomic E-state index is 12.0. The lowest BCUT2D eigenvalue weighted by Crippen LogP contribution is -2.35. The van der Waals surface area contributed by atoms with Crippen LogP contribution in [0.4, 0.5) is 0 Å². The second kappa shape index (κ2) is 4.49. The van der Waals surface area contributed by atoms with E-state index in [2.05, 4.69) is 0 Å². The summed E-state index contributed by atoms with van der Waals surface area (Å²) in [6.07, 6.45) is 0. The molecule has 0 saturated heterocycles. The third kappa shape index (κ3) is 2.05. The lowest BCUT2D eigenvalue weighted by molar-refractivity contribution is 0.253. The maximum Gasteiger partial charge on any atom is 0.155 e. The van der Waals surface area contributed by atoms with Gasteiger partial charge in [0.15, 0.2) is 9.84 Å². The normalized spacial score (nSPS) is 31.3. The van der Waals surface area contributed by atoms with Crippen LogP contribution in [0.1, 0.15) is 18.4 Å². The van der Waals surface area contributed by atoms with E-state index >= 15 is 0 Å². The molecule has 18 heavy (non-hydrogen) atoms. The topological polar surface area (TPSA) is 80.4 Å². The van der Waals surface area contributed by atoms with Gasteiger partial charge in [0.25, 0.3) is 0 Å². The number of hydrogen-bond acceptors (Lipinski definition) is 4. The third-order valence-electron chi connectivity index (χ3n) is 3.59. The van der Waals surface area contributed by atoms with Crippen molar-refractivity contribution in [2.75, 3.05) is 12.4 Å². The van der Waals surface area contributed by atoms with Crippen LogP contribution in [-0.4, -0.2) is 36.7 Å². The lowest BCUT2D eigenvalue weighted by Gasteiger charge is -2.07. The fourth-order valence-electron chi connectivity index (χ4n) is 2.49. The summed E-state index contributed by atoms with van der Waals surface area (Å²) in [4.78, 5) is 0. The number of sulfone groups is 1. The van der Waals surface area contributed by atoms with E-state index < -0.39 is 20.6 Å². The van der Waals surface area contributed by atoms with Gasteiger partial charge in [-0.3, -0.25) is 0 Å². The molecule has 100 valence electrons. The monoisotopic (exact) mass is 289 g/mol. The van der Waals surface area contributed by atoms with Gasteiger partial charge in [0.1, 0.15) is 0 Å². The molecule has 1 aliphatic rings. The quantitative estimate of drug-likeness (QED) is 0.864. The van der Waals surface area contributed by atoms with Crippen molar-refractivity contribution in [1.82, 2.24) is 0 Å². The van der Waals surface area contributed by atoms with Gasteiger partial charge in [-0.1, -0.05) is 30.7 Å². The zero-order chi connectivity index (χ0) is 13.6. The number of nitrogens with two attached hydrogens (primary N) is 1. The predicted molar refractivity (Wildman–Crippen MR) is 71.4 cm³/mol. The summed E-state index contributed by atoms with van der Waals surface area (Å²) in [6, 6.07) is 6.91. The molecule has 2 rings (SSSR count). The molecule has 4 nitrogen and oxygen atoms in total. The molecule has 6 heteroatoms. The zero-order valence-electron chi connectivity index (χ0n) is 10.0. The van der Waals surface area contributed by atoms with Crippen molar-refractivity contribution in [2.24, 2.45) is 5.73 Å². The first kappa shape index (κ1) is 13.8. The van der Waals surface area contributed by atoms with Gasteiger partial charge in [0.2, 0.25) is 0 Å². The minimum absolute atomic E-state index is 0.0285. The van der Waals surface area contributed by atoms with Crippen molar-refractivity contribution >= 4 is 21.4 Å². The Balaban J connectivity index is 2.37. The summed E-state index contributed by atoms with van der Waals surface area (Å²) >= 11 is 5.80. The lowest BCUT2D eigenvalue weighted by atomic mass is 10.1. The standard InChI is InChI=1S/C12H16ClNO3S/c1-2-18(16,17)11-10(12(11,14)7-15)8-3-5-9(13)6-4-8/h3-6,10-11,15H,2,7,14H2,1H3/t10-,11+,12+/m0/s1. The van der Waals surface area contributed by atoms with Gasteiger partial charge in [-0.25, -0.2) is 8.42 Å². The fourth-order valence-corrected chi connectivity index (χ4v) is 4.61. The SMILES string of the molecule is CCS(=O)(=O)[C@@H]1[C@H](c2ccc(Cl)cc2)[C@]1(N)CO. The Kier molecular flexibility index (Phi) is 3.44. The van der Waals surface area contributed by atoms with E-state index in [4.69, 9.17) is 17.3 Å². The molecule has 1 aliphatic carbocycles. The zero-order valence-corrected chi connectivity index (χ0v) is 11.6. The Bertz CT molecular complexity index is 543. The summed E-state index contributed by atoms with van der Waals surface area (Å²) in [6.45, 7) is 1.24. The average molecular weight is 290 g/mol. The van der Waals surface area contributed by atoms with Crippen LogP contribution in [0.15, 0.2) is 24.3 Å². The van der Waals surface area contributed by atoms with Crippen LogP contribution in [0.5, 0.6) is 0 Å². The summed E-state index contributed by atoms with van der Waals surface area (Å²) in [7, 11) is -3.27. The molecule has 1 saturated carbocycles. The van der Waals surface area contributed by atoms with Gasteiger partial charge < -0.3 is 10.8 Å². The molecule has 0 bridgehead atoms. The van der Waals surface area contributed by atoms with Gasteiger partial charge in [0.05, 0.1) is 17.4 Å². The molecule has 0 aromatic heterocycles. The Morgan fingerprint density at radius 2 is 1.94 bits per heavy atom. The van der Waals surface area contributed by atoms with Crippen LogP contribution >= 0.6 is 11.6 Å². The minimum Gasteiger partial charge on any atom is -0.394 e. The van der Waals surface area contributed by atoms with Crippen molar-refractivity contribution in [1.29, 1.82) is 0 Å². The van der Waals surface area contributed by atoms with Crippen LogP contribution < -0.4 is 5.73 Å². The summed E-state index contributed by atoms with van der Waals surface area (Å²) < 4.78 is 23.9. The van der Waals surface area contributed by atoms with Gasteiger partial charge in [-0.2, -0.15) is 0 Å². The van der Waals surface area contributed by atoms with Gasteiger partial charge >= 0.3 is 0 Å². The van der Waals surface area contributed by atoms with Crippen molar-refractivity contribution < 1.29 is 13.5 Å². The van der Waals surface area contributed by atoms with Gasteiger partial charge in [0, 0.05) is 16.7 Å². The van der Waals surface area contributed by atoms with E-state index in [-0.39, 0.29) is 18.3 Å². The Labute approximate surface area is 112 Å². The molecule has 0 aliphatic heterocycles. The number of aliphatic hydroxyl groups excluding tert-OH is 1. The number of rotatable bonds is 4. The van der Waals surface area contributed by atoms with Crippen molar-refractivity contribution in [2.45, 2.75) is 23.6 Å². The summed E-state index contributed by atoms with van der Waals surface area (Å²) in [5.41, 5.74) is 5.74. The van der Waals surface area contributed by atoms with Crippen molar-refractivity contribution in [3.05, 3.63) is 34.9 Å². The largest absolute Gasteiger partial charge is 0.394 e. The molecule has 3 atom stereocenters. The molecule has 3 N–H and O–H groups in total. The van der Waals surface area contributed by atoms with E-state index in [9.17, 15) is 13.5 Å². The molecule has 1 fully saturated rings. The van der Waals surface area contributed by atoms with Crippen molar-refractivity contribution in [3.8, 4) is 0 Å². The first-order valence-corrected chi connectivity index (χ1v) is 7.83. The van der Waals surface area contributed by atoms with E-state index in [1.165, 1.54) is 0 Å². The second-order valence-corrected chi connectivity index (χ2v) is 7.52. The second-order valence-electron chi connectivity index (χ2n) is 4.67. The first-order valence-electron chi connectivity index (χ1n) is 5.73. The first-order chi connectivity index (χ1) is 8.36. The van der Waals surface area contributed by atoms with Crippen LogP contribution in [0, 0.1) is 0 Å². The predicted octanol–water partition coefficient (Wildman–Crippen LogP) is 0.930. The number of benzene rings is 1. The molecule has 0 spiro atoms. The molecule has 0 unspecified atom stereocenters. The van der Waals surface area contributed by atoms with Gasteiger partial charge in [-0.15, -0.1) is 0 Å².